The van der Waals surface area contributed by atoms with E-state index in [1.807, 2.05) is 0 Å². The molecule has 0 radical (unpaired) electrons. The first-order valence-electron chi connectivity index (χ1n) is 2.44. The van der Waals surface area contributed by atoms with Crippen molar-refractivity contribution in [3.05, 3.63) is 0 Å². The maximum absolute atomic E-state index is 10.1. The maximum atomic E-state index is 10.1. The third-order valence-electron chi connectivity index (χ3n) is 0.691. The number of carboxylic acids is 1. The number of ether oxygens (including phenoxy) is 1. The zero-order chi connectivity index (χ0) is 7.44. The van der Waals surface area contributed by atoms with Crippen LogP contribution in [0.5, 0.6) is 0 Å². The van der Waals surface area contributed by atoms with Gasteiger partial charge in [-0.15, -0.1) is 0 Å². The predicted octanol–water partition coefficient (Wildman–Crippen LogP) is -0.133. The number of carboxylic acid groups (broad SMARTS) is 1. The van der Waals surface area contributed by atoms with E-state index in [1.54, 1.807) is 0 Å². The van der Waals surface area contributed by atoms with E-state index in [2.05, 4.69) is 4.74 Å². The average Bonchev–Trinajstić information content (AvgIpc) is 1.63. The number of rotatable bonds is 2. The molecule has 10 heavy (non-hydrogen) atoms. The fourth-order valence-electron chi connectivity index (χ4n) is 0.299. The Balaban J connectivity index is -0.000000107. The summed E-state index contributed by atoms with van der Waals surface area (Å²) in [5, 5.41) is 8.15. The molecular formula is C5H10MgO4. The Morgan fingerprint density at radius 2 is 2.00 bits per heavy atom. The van der Waals surface area contributed by atoms with Crippen molar-refractivity contribution in [3.63, 3.8) is 0 Å². The third-order valence-corrected chi connectivity index (χ3v) is 0.691. The first kappa shape index (κ1) is 12.4. The SMILES string of the molecule is CC(=O)OC(C)C(=O)O.[H-].[H-].[Mg+2]. The van der Waals surface area contributed by atoms with Crippen LogP contribution in [-0.2, 0) is 14.3 Å². The molecule has 0 aliphatic heterocycles. The second-order valence-corrected chi connectivity index (χ2v) is 1.59. The molecule has 1 atom stereocenters. The summed E-state index contributed by atoms with van der Waals surface area (Å²) in [5.74, 6) is -1.71. The molecule has 0 saturated heterocycles. The summed E-state index contributed by atoms with van der Waals surface area (Å²) in [6, 6.07) is 0. The van der Waals surface area contributed by atoms with Crippen molar-refractivity contribution in [3.8, 4) is 0 Å². The smallest absolute Gasteiger partial charge is 1.00 e. The van der Waals surface area contributed by atoms with Gasteiger partial charge in [0.1, 0.15) is 0 Å². The van der Waals surface area contributed by atoms with E-state index in [1.165, 1.54) is 13.8 Å². The molecule has 0 heterocycles. The zero-order valence-corrected chi connectivity index (χ0v) is 7.37. The Labute approximate surface area is 77.7 Å². The van der Waals surface area contributed by atoms with Crippen molar-refractivity contribution < 1.29 is 22.3 Å². The molecule has 1 N–H and O–H groups in total. The standard InChI is InChI=1S/C5H8O4.Mg.2H/c1-3(5(7)8)9-4(2)6;;;/h3H,1-2H3,(H,7,8);;;/q;+2;2*-1. The van der Waals surface area contributed by atoms with Crippen LogP contribution in [-0.4, -0.2) is 46.2 Å². The van der Waals surface area contributed by atoms with Crippen LogP contribution in [0.25, 0.3) is 0 Å². The van der Waals surface area contributed by atoms with Gasteiger partial charge in [-0.2, -0.15) is 0 Å². The minimum atomic E-state index is -1.13. The Bertz CT molecular complexity index is 141. The van der Waals surface area contributed by atoms with Gasteiger partial charge in [0.15, 0.2) is 6.10 Å². The maximum Gasteiger partial charge on any atom is 2.00 e. The summed E-state index contributed by atoms with van der Waals surface area (Å²) in [6.45, 7) is 2.46. The van der Waals surface area contributed by atoms with Crippen molar-refractivity contribution in [1.82, 2.24) is 0 Å². The van der Waals surface area contributed by atoms with Gasteiger partial charge in [-0.25, -0.2) is 4.79 Å². The van der Waals surface area contributed by atoms with Crippen molar-refractivity contribution >= 4 is 35.0 Å². The first-order chi connectivity index (χ1) is 4.04. The van der Waals surface area contributed by atoms with Gasteiger partial charge in [-0.3, -0.25) is 4.79 Å². The van der Waals surface area contributed by atoms with Crippen molar-refractivity contribution in [2.24, 2.45) is 0 Å². The predicted molar refractivity (Wildman–Crippen MR) is 36.8 cm³/mol. The molecule has 0 rings (SSSR count). The van der Waals surface area contributed by atoms with E-state index in [0.29, 0.717) is 0 Å². The van der Waals surface area contributed by atoms with Gasteiger partial charge in [0, 0.05) is 6.92 Å². The Kier molecular flexibility index (Phi) is 6.80. The van der Waals surface area contributed by atoms with Gasteiger partial charge >= 0.3 is 35.0 Å². The van der Waals surface area contributed by atoms with Gasteiger partial charge in [-0.05, 0) is 6.92 Å². The second kappa shape index (κ2) is 5.49. The van der Waals surface area contributed by atoms with Crippen LogP contribution in [0, 0.1) is 0 Å². The van der Waals surface area contributed by atoms with Crippen molar-refractivity contribution in [1.29, 1.82) is 0 Å². The Hall–Kier alpha value is -0.294. The molecular weight excluding hydrogens is 148 g/mol. The summed E-state index contributed by atoms with van der Waals surface area (Å²) < 4.78 is 4.27. The van der Waals surface area contributed by atoms with E-state index >= 15 is 0 Å². The number of aliphatic carboxylic acids is 1. The molecule has 4 nitrogen and oxygen atoms in total. The van der Waals surface area contributed by atoms with E-state index in [4.69, 9.17) is 5.11 Å². The number of hydrogen-bond acceptors (Lipinski definition) is 3. The molecule has 0 bridgehead atoms. The largest absolute Gasteiger partial charge is 2.00 e. The minimum absolute atomic E-state index is 0. The zero-order valence-electron chi connectivity index (χ0n) is 7.96. The number of carbonyl (C=O) groups excluding carboxylic acids is 1. The van der Waals surface area contributed by atoms with Gasteiger partial charge in [0.25, 0.3) is 0 Å². The fourth-order valence-corrected chi connectivity index (χ4v) is 0.299. The molecule has 5 heteroatoms. The molecule has 0 saturated carbocycles. The van der Waals surface area contributed by atoms with Crippen LogP contribution in [0.1, 0.15) is 16.7 Å². The van der Waals surface area contributed by atoms with Crippen LogP contribution in [0.15, 0.2) is 0 Å². The molecule has 0 aromatic heterocycles. The minimum Gasteiger partial charge on any atom is -1.00 e. The third kappa shape index (κ3) is 5.84. The Morgan fingerprint density at radius 3 is 2.10 bits per heavy atom. The molecule has 0 amide bonds. The molecule has 0 aliphatic rings. The van der Waals surface area contributed by atoms with Crippen molar-refractivity contribution in [2.75, 3.05) is 0 Å². The monoisotopic (exact) mass is 158 g/mol. The van der Waals surface area contributed by atoms with Crippen LogP contribution in [0.3, 0.4) is 0 Å². The summed E-state index contributed by atoms with van der Waals surface area (Å²) >= 11 is 0. The first-order valence-corrected chi connectivity index (χ1v) is 2.44. The summed E-state index contributed by atoms with van der Waals surface area (Å²) in [6.07, 6.45) is -1.04. The van der Waals surface area contributed by atoms with Crippen molar-refractivity contribution in [2.45, 2.75) is 20.0 Å². The van der Waals surface area contributed by atoms with E-state index in [0.717, 1.165) is 0 Å². The molecule has 0 fully saturated rings. The fraction of sp³-hybridized carbons (Fsp3) is 0.600. The molecule has 1 unspecified atom stereocenters. The molecule has 0 aliphatic carbocycles. The number of hydrogen-bond donors (Lipinski definition) is 1. The van der Waals surface area contributed by atoms with E-state index in [-0.39, 0.29) is 25.9 Å². The van der Waals surface area contributed by atoms with Crippen LogP contribution < -0.4 is 0 Å². The molecule has 0 aromatic carbocycles. The summed E-state index contributed by atoms with van der Waals surface area (Å²) in [5.41, 5.74) is 0. The quantitative estimate of drug-likeness (QED) is 0.449. The Morgan fingerprint density at radius 1 is 1.60 bits per heavy atom. The van der Waals surface area contributed by atoms with Crippen LogP contribution in [0.4, 0.5) is 0 Å². The van der Waals surface area contributed by atoms with Crippen LogP contribution in [0.2, 0.25) is 0 Å². The molecule has 0 spiro atoms. The number of esters is 1. The van der Waals surface area contributed by atoms with Gasteiger partial charge < -0.3 is 12.7 Å². The second-order valence-electron chi connectivity index (χ2n) is 1.59. The van der Waals surface area contributed by atoms with E-state index < -0.39 is 18.0 Å². The molecule has 0 aromatic rings. The van der Waals surface area contributed by atoms with Gasteiger partial charge in [0.05, 0.1) is 0 Å². The number of carbonyl (C=O) groups is 2. The van der Waals surface area contributed by atoms with Crippen LogP contribution >= 0.6 is 0 Å². The summed E-state index contributed by atoms with van der Waals surface area (Å²) in [4.78, 5) is 20.0. The van der Waals surface area contributed by atoms with E-state index in [9.17, 15) is 9.59 Å². The normalized spacial score (nSPS) is 11.0. The topological polar surface area (TPSA) is 63.6 Å². The summed E-state index contributed by atoms with van der Waals surface area (Å²) in [7, 11) is 0. The van der Waals surface area contributed by atoms with Gasteiger partial charge in [-0.1, -0.05) is 0 Å². The average molecular weight is 158 g/mol. The molecule has 56 valence electrons. The van der Waals surface area contributed by atoms with Gasteiger partial charge in [0.2, 0.25) is 0 Å².